The van der Waals surface area contributed by atoms with E-state index in [9.17, 15) is 18.0 Å². The molecule has 0 atom stereocenters. The van der Waals surface area contributed by atoms with Crippen LogP contribution >= 0.6 is 11.6 Å². The lowest BCUT2D eigenvalue weighted by Crippen LogP contribution is -2.45. The summed E-state index contributed by atoms with van der Waals surface area (Å²) in [6.45, 7) is 11.4. The molecule has 2 heterocycles. The summed E-state index contributed by atoms with van der Waals surface area (Å²) in [4.78, 5) is 19.8. The van der Waals surface area contributed by atoms with Crippen LogP contribution in [0.25, 0.3) is 5.57 Å². The molecule has 1 aliphatic rings. The topological polar surface area (TPSA) is 69.3 Å². The minimum atomic E-state index is -4.45. The molecule has 6 nitrogen and oxygen atoms in total. The molecule has 2 aromatic rings. The first-order valence-corrected chi connectivity index (χ1v) is 12.0. The number of nitrogens with zero attached hydrogens (tertiary/aromatic N) is 2. The third kappa shape index (κ3) is 6.96. The van der Waals surface area contributed by atoms with Gasteiger partial charge < -0.3 is 16.0 Å². The summed E-state index contributed by atoms with van der Waals surface area (Å²) in [5.74, 6) is 0.0549. The molecule has 1 amide bonds. The van der Waals surface area contributed by atoms with Crippen molar-refractivity contribution in [3.05, 3.63) is 57.7 Å². The van der Waals surface area contributed by atoms with Crippen molar-refractivity contribution < 1.29 is 18.0 Å². The van der Waals surface area contributed by atoms with E-state index in [4.69, 9.17) is 11.6 Å². The lowest BCUT2D eigenvalue weighted by molar-refractivity contribution is -0.137. The normalized spacial score (nSPS) is 15.5. The molecule has 1 saturated heterocycles. The van der Waals surface area contributed by atoms with E-state index in [1.165, 1.54) is 18.3 Å². The first kappa shape index (κ1) is 27.0. The molecular weight excluding hydrogens is 479 g/mol. The monoisotopic (exact) mass is 509 g/mol. The predicted molar refractivity (Wildman–Crippen MR) is 135 cm³/mol. The number of allylic oxidation sites excluding steroid dienone is 2. The summed E-state index contributed by atoms with van der Waals surface area (Å²) in [7, 11) is 0. The number of halogens is 4. The van der Waals surface area contributed by atoms with Gasteiger partial charge in [-0.15, -0.1) is 0 Å². The first-order valence-electron chi connectivity index (χ1n) is 11.6. The fourth-order valence-corrected chi connectivity index (χ4v) is 4.18. The Kier molecular flexibility index (Phi) is 9.15. The maximum absolute atomic E-state index is 13.0. The molecule has 10 heteroatoms. The van der Waals surface area contributed by atoms with Gasteiger partial charge in [-0.05, 0) is 50.1 Å². The van der Waals surface area contributed by atoms with E-state index in [-0.39, 0.29) is 16.3 Å². The average molecular weight is 510 g/mol. The number of aromatic nitrogens is 1. The molecule has 35 heavy (non-hydrogen) atoms. The highest BCUT2D eigenvalue weighted by atomic mass is 35.5. The van der Waals surface area contributed by atoms with Gasteiger partial charge >= 0.3 is 6.18 Å². The third-order valence-electron chi connectivity index (χ3n) is 6.21. The van der Waals surface area contributed by atoms with E-state index < -0.39 is 17.6 Å². The molecule has 0 radical (unpaired) electrons. The largest absolute Gasteiger partial charge is 0.416 e. The zero-order valence-electron chi connectivity index (χ0n) is 20.2. The van der Waals surface area contributed by atoms with Crippen LogP contribution in [0.15, 0.2) is 36.0 Å². The second-order valence-corrected chi connectivity index (χ2v) is 8.89. The van der Waals surface area contributed by atoms with Crippen molar-refractivity contribution in [2.45, 2.75) is 33.4 Å². The van der Waals surface area contributed by atoms with Gasteiger partial charge in [-0.2, -0.15) is 13.2 Å². The molecule has 3 rings (SSSR count). The molecule has 0 aliphatic carbocycles. The number of nitrogens with one attached hydrogen (secondary N) is 3. The number of piperazine rings is 1. The zero-order chi connectivity index (χ0) is 25.6. The van der Waals surface area contributed by atoms with Gasteiger partial charge in [0.25, 0.3) is 5.91 Å². The summed E-state index contributed by atoms with van der Waals surface area (Å²) >= 11 is 6.74. The quantitative estimate of drug-likeness (QED) is 0.437. The molecule has 190 valence electrons. The van der Waals surface area contributed by atoms with Crippen LogP contribution in [0.2, 0.25) is 5.02 Å². The van der Waals surface area contributed by atoms with Crippen molar-refractivity contribution in [1.82, 2.24) is 15.2 Å². The van der Waals surface area contributed by atoms with Crippen LogP contribution in [0.5, 0.6) is 0 Å². The smallest absolute Gasteiger partial charge is 0.368 e. The SMILES string of the molecule is CC/C(C)=C(\C)c1c(NCCN2CCNCC2)ncc(C(=O)Nc2ccc(C(F)(F)F)cc2)c1Cl. The molecule has 0 bridgehead atoms. The summed E-state index contributed by atoms with van der Waals surface area (Å²) < 4.78 is 38.5. The number of amides is 1. The predicted octanol–water partition coefficient (Wildman–Crippen LogP) is 5.53. The summed E-state index contributed by atoms with van der Waals surface area (Å²) in [6.07, 6.45) is -2.24. The van der Waals surface area contributed by atoms with Crippen molar-refractivity contribution in [2.24, 2.45) is 0 Å². The van der Waals surface area contributed by atoms with Gasteiger partial charge in [-0.1, -0.05) is 24.1 Å². The Balaban J connectivity index is 1.83. The Labute approximate surface area is 208 Å². The number of hydrogen-bond donors (Lipinski definition) is 3. The lowest BCUT2D eigenvalue weighted by Gasteiger charge is -2.27. The van der Waals surface area contributed by atoms with Gasteiger partial charge in [-0.3, -0.25) is 9.69 Å². The Hall–Kier alpha value is -2.62. The molecule has 3 N–H and O–H groups in total. The third-order valence-corrected chi connectivity index (χ3v) is 6.60. The minimum Gasteiger partial charge on any atom is -0.368 e. The Morgan fingerprint density at radius 1 is 1.17 bits per heavy atom. The van der Waals surface area contributed by atoms with Gasteiger partial charge in [0.15, 0.2) is 0 Å². The number of benzene rings is 1. The van der Waals surface area contributed by atoms with E-state index in [0.717, 1.165) is 62.4 Å². The van der Waals surface area contributed by atoms with Gasteiger partial charge in [0.1, 0.15) is 5.82 Å². The minimum absolute atomic E-state index is 0.150. The van der Waals surface area contributed by atoms with E-state index >= 15 is 0 Å². The molecule has 1 aromatic heterocycles. The Morgan fingerprint density at radius 3 is 2.43 bits per heavy atom. The number of alkyl halides is 3. The maximum atomic E-state index is 13.0. The molecule has 1 aromatic carbocycles. The molecule has 1 fully saturated rings. The number of pyridine rings is 1. The fourth-order valence-electron chi connectivity index (χ4n) is 3.81. The number of anilines is 2. The van der Waals surface area contributed by atoms with Crippen molar-refractivity contribution in [1.29, 1.82) is 0 Å². The van der Waals surface area contributed by atoms with Crippen LogP contribution in [0.1, 0.15) is 48.7 Å². The lowest BCUT2D eigenvalue weighted by atomic mass is 9.99. The van der Waals surface area contributed by atoms with Crippen molar-refractivity contribution in [3.63, 3.8) is 0 Å². The van der Waals surface area contributed by atoms with Crippen LogP contribution in [-0.4, -0.2) is 55.1 Å². The Morgan fingerprint density at radius 2 is 1.83 bits per heavy atom. The van der Waals surface area contributed by atoms with Crippen molar-refractivity contribution in [2.75, 3.05) is 49.9 Å². The van der Waals surface area contributed by atoms with E-state index in [2.05, 4.69) is 25.8 Å². The van der Waals surface area contributed by atoms with E-state index in [1.54, 1.807) is 0 Å². The number of hydrogen-bond acceptors (Lipinski definition) is 5. The van der Waals surface area contributed by atoms with E-state index in [1.807, 2.05) is 20.8 Å². The second-order valence-electron chi connectivity index (χ2n) is 8.52. The highest BCUT2D eigenvalue weighted by Gasteiger charge is 2.30. The molecule has 0 spiro atoms. The number of carbonyl (C=O) groups excluding carboxylic acids is 1. The maximum Gasteiger partial charge on any atom is 0.416 e. The highest BCUT2D eigenvalue weighted by molar-refractivity contribution is 6.36. The standard InChI is InChI=1S/C25H31ClF3N5O/c1-4-16(2)17(3)21-22(26)20(15-32-23(21)31-11-14-34-12-9-30-10-13-34)24(35)33-19-7-5-18(6-8-19)25(27,28)29/h5-8,15,30H,4,9-14H2,1-3H3,(H,31,32)(H,33,35)/b17-16+. The molecular formula is C25H31ClF3N5O. The Bertz CT molecular complexity index is 1060. The number of carbonyl (C=O) groups is 1. The van der Waals surface area contributed by atoms with Crippen LogP contribution in [0.3, 0.4) is 0 Å². The molecule has 0 unspecified atom stereocenters. The van der Waals surface area contributed by atoms with Crippen LogP contribution < -0.4 is 16.0 Å². The van der Waals surface area contributed by atoms with Gasteiger partial charge in [0.05, 0.1) is 16.1 Å². The van der Waals surface area contributed by atoms with Gasteiger partial charge in [0.2, 0.25) is 0 Å². The second kappa shape index (κ2) is 11.9. The molecule has 1 aliphatic heterocycles. The van der Waals surface area contributed by atoms with Gasteiger partial charge in [-0.25, -0.2) is 4.98 Å². The van der Waals surface area contributed by atoms with Crippen LogP contribution in [0.4, 0.5) is 24.7 Å². The zero-order valence-corrected chi connectivity index (χ0v) is 20.9. The summed E-state index contributed by atoms with van der Waals surface area (Å²) in [5.41, 5.74) is 2.29. The van der Waals surface area contributed by atoms with Crippen LogP contribution in [-0.2, 0) is 6.18 Å². The highest BCUT2D eigenvalue weighted by Crippen LogP contribution is 2.35. The molecule has 0 saturated carbocycles. The number of rotatable bonds is 8. The van der Waals surface area contributed by atoms with Crippen molar-refractivity contribution in [3.8, 4) is 0 Å². The van der Waals surface area contributed by atoms with Gasteiger partial charge in [0, 0.05) is 56.7 Å². The fraction of sp³-hybridized carbons (Fsp3) is 0.440. The van der Waals surface area contributed by atoms with E-state index in [0.29, 0.717) is 17.9 Å². The summed E-state index contributed by atoms with van der Waals surface area (Å²) in [6, 6.07) is 4.26. The first-order chi connectivity index (χ1) is 16.6. The van der Waals surface area contributed by atoms with Crippen molar-refractivity contribution >= 4 is 34.6 Å². The average Bonchev–Trinajstić information content (AvgIpc) is 2.83. The van der Waals surface area contributed by atoms with Crippen LogP contribution in [0, 0.1) is 0 Å². The summed E-state index contributed by atoms with van der Waals surface area (Å²) in [5, 5.41) is 9.56.